The molecule has 3 aromatic carbocycles. The van der Waals surface area contributed by atoms with Crippen LogP contribution in [-0.4, -0.2) is 0 Å². The smallest absolute Gasteiger partial charge is 0.105 e. The number of hydrogen-bond acceptors (Lipinski definition) is 0. The molecule has 0 aliphatic carbocycles. The molecule has 22 heavy (non-hydrogen) atoms. The van der Waals surface area contributed by atoms with Gasteiger partial charge < -0.3 is 0 Å². The van der Waals surface area contributed by atoms with Crippen molar-refractivity contribution in [1.82, 2.24) is 0 Å². The lowest BCUT2D eigenvalue weighted by Gasteiger charge is -2.03. The van der Waals surface area contributed by atoms with Crippen molar-refractivity contribution in [2.24, 2.45) is 0 Å². The van der Waals surface area contributed by atoms with Gasteiger partial charge in [-0.15, -0.1) is 0 Å². The predicted molar refractivity (Wildman–Crippen MR) is 91.1 cm³/mol. The highest BCUT2D eigenvalue weighted by molar-refractivity contribution is 5.65. The fourth-order valence-electron chi connectivity index (χ4n) is 2.43. The zero-order valence-electron chi connectivity index (χ0n) is 12.2. The van der Waals surface area contributed by atoms with Crippen LogP contribution in [0.4, 0.5) is 4.39 Å². The molecule has 3 aromatic rings. The summed E-state index contributed by atoms with van der Waals surface area (Å²) in [5, 5.41) is 0. The van der Waals surface area contributed by atoms with Crippen LogP contribution in [0.15, 0.2) is 90.8 Å². The van der Waals surface area contributed by atoms with Crippen LogP contribution in [-0.2, 0) is 6.42 Å². The van der Waals surface area contributed by atoms with Crippen molar-refractivity contribution in [3.63, 3.8) is 0 Å². The van der Waals surface area contributed by atoms with Gasteiger partial charge in [0.2, 0.25) is 0 Å². The maximum absolute atomic E-state index is 14.1. The molecular weight excluding hydrogens is 271 g/mol. The van der Waals surface area contributed by atoms with E-state index in [4.69, 9.17) is 0 Å². The fourth-order valence-corrected chi connectivity index (χ4v) is 2.43. The van der Waals surface area contributed by atoms with Crippen LogP contribution in [0.3, 0.4) is 0 Å². The van der Waals surface area contributed by atoms with E-state index in [0.29, 0.717) is 6.42 Å². The standard InChI is InChI=1S/C21H17F/c22-21(15-17-7-3-1-4-8-17)16-18-11-13-20(14-12-18)19-9-5-2-6-10-19/h1-14,16H,15H2/b21-16-. The van der Waals surface area contributed by atoms with E-state index in [-0.39, 0.29) is 5.83 Å². The average Bonchev–Trinajstić information content (AvgIpc) is 2.57. The molecule has 108 valence electrons. The molecule has 0 unspecified atom stereocenters. The first-order valence-corrected chi connectivity index (χ1v) is 7.37. The van der Waals surface area contributed by atoms with Crippen molar-refractivity contribution in [1.29, 1.82) is 0 Å². The topological polar surface area (TPSA) is 0 Å². The summed E-state index contributed by atoms with van der Waals surface area (Å²) >= 11 is 0. The van der Waals surface area contributed by atoms with Gasteiger partial charge in [0, 0.05) is 6.42 Å². The fraction of sp³-hybridized carbons (Fsp3) is 0.0476. The number of halogens is 1. The first kappa shape index (κ1) is 14.3. The van der Waals surface area contributed by atoms with Crippen LogP contribution in [0, 0.1) is 0 Å². The minimum atomic E-state index is -0.126. The van der Waals surface area contributed by atoms with Crippen molar-refractivity contribution >= 4 is 6.08 Å². The van der Waals surface area contributed by atoms with Gasteiger partial charge >= 0.3 is 0 Å². The quantitative estimate of drug-likeness (QED) is 0.560. The lowest BCUT2D eigenvalue weighted by molar-refractivity contribution is 0.620. The Kier molecular flexibility index (Phi) is 4.45. The second-order valence-corrected chi connectivity index (χ2v) is 5.24. The van der Waals surface area contributed by atoms with Gasteiger partial charge in [-0.25, -0.2) is 4.39 Å². The van der Waals surface area contributed by atoms with Crippen molar-refractivity contribution < 1.29 is 4.39 Å². The zero-order valence-corrected chi connectivity index (χ0v) is 12.2. The molecule has 0 N–H and O–H groups in total. The Hall–Kier alpha value is -2.67. The van der Waals surface area contributed by atoms with Crippen LogP contribution >= 0.6 is 0 Å². The molecule has 0 heterocycles. The lowest BCUT2D eigenvalue weighted by atomic mass is 10.0. The molecule has 0 atom stereocenters. The van der Waals surface area contributed by atoms with Crippen molar-refractivity contribution in [3.05, 3.63) is 102 Å². The van der Waals surface area contributed by atoms with E-state index in [0.717, 1.165) is 16.7 Å². The Bertz CT molecular complexity index is 741. The van der Waals surface area contributed by atoms with E-state index < -0.39 is 0 Å². The lowest BCUT2D eigenvalue weighted by Crippen LogP contribution is -1.85. The molecule has 0 spiro atoms. The highest BCUT2D eigenvalue weighted by Crippen LogP contribution is 2.21. The summed E-state index contributed by atoms with van der Waals surface area (Å²) in [6, 6.07) is 27.8. The number of rotatable bonds is 4. The Morgan fingerprint density at radius 2 is 1.23 bits per heavy atom. The highest BCUT2D eigenvalue weighted by atomic mass is 19.1. The number of hydrogen-bond donors (Lipinski definition) is 0. The molecular formula is C21H17F. The molecule has 0 amide bonds. The minimum absolute atomic E-state index is 0.126. The van der Waals surface area contributed by atoms with Crippen LogP contribution in [0.5, 0.6) is 0 Å². The molecule has 1 heteroatoms. The van der Waals surface area contributed by atoms with Gasteiger partial charge in [-0.1, -0.05) is 84.9 Å². The van der Waals surface area contributed by atoms with E-state index in [1.807, 2.05) is 72.8 Å². The first-order valence-electron chi connectivity index (χ1n) is 7.37. The molecule has 0 aliphatic rings. The summed E-state index contributed by atoms with van der Waals surface area (Å²) in [6.45, 7) is 0. The van der Waals surface area contributed by atoms with E-state index in [9.17, 15) is 4.39 Å². The average molecular weight is 288 g/mol. The number of allylic oxidation sites excluding steroid dienone is 1. The minimum Gasteiger partial charge on any atom is -0.211 e. The van der Waals surface area contributed by atoms with Gasteiger partial charge in [-0.05, 0) is 28.3 Å². The van der Waals surface area contributed by atoms with Crippen molar-refractivity contribution in [3.8, 4) is 11.1 Å². The van der Waals surface area contributed by atoms with Gasteiger partial charge in [0.15, 0.2) is 0 Å². The van der Waals surface area contributed by atoms with Crippen LogP contribution in [0.1, 0.15) is 11.1 Å². The summed E-state index contributed by atoms with van der Waals surface area (Å²) in [7, 11) is 0. The predicted octanol–water partition coefficient (Wildman–Crippen LogP) is 5.91. The summed E-state index contributed by atoms with van der Waals surface area (Å²) in [6.07, 6.45) is 1.93. The second-order valence-electron chi connectivity index (χ2n) is 5.24. The van der Waals surface area contributed by atoms with Crippen LogP contribution in [0.25, 0.3) is 17.2 Å². The Morgan fingerprint density at radius 3 is 1.86 bits per heavy atom. The highest BCUT2D eigenvalue weighted by Gasteiger charge is 2.00. The molecule has 3 rings (SSSR count). The van der Waals surface area contributed by atoms with Gasteiger partial charge in [0.05, 0.1) is 0 Å². The Balaban J connectivity index is 1.74. The largest absolute Gasteiger partial charge is 0.211 e. The Labute approximate surface area is 130 Å². The van der Waals surface area contributed by atoms with Gasteiger partial charge in [0.1, 0.15) is 5.83 Å². The molecule has 0 bridgehead atoms. The normalized spacial score (nSPS) is 11.4. The van der Waals surface area contributed by atoms with Crippen molar-refractivity contribution in [2.45, 2.75) is 6.42 Å². The SMILES string of the molecule is F/C(=C\c1ccc(-c2ccccc2)cc1)Cc1ccccc1. The van der Waals surface area contributed by atoms with E-state index >= 15 is 0 Å². The van der Waals surface area contributed by atoms with Crippen molar-refractivity contribution in [2.75, 3.05) is 0 Å². The summed E-state index contributed by atoms with van der Waals surface area (Å²) in [5.74, 6) is -0.126. The molecule has 0 aliphatic heterocycles. The van der Waals surface area contributed by atoms with Crippen LogP contribution < -0.4 is 0 Å². The van der Waals surface area contributed by atoms with Gasteiger partial charge in [-0.3, -0.25) is 0 Å². The van der Waals surface area contributed by atoms with E-state index in [1.54, 1.807) is 6.08 Å². The van der Waals surface area contributed by atoms with Gasteiger partial charge in [0.25, 0.3) is 0 Å². The first-order chi connectivity index (χ1) is 10.8. The molecule has 0 saturated carbocycles. The maximum atomic E-state index is 14.1. The molecule has 0 fully saturated rings. The zero-order chi connectivity index (χ0) is 15.2. The van der Waals surface area contributed by atoms with Crippen LogP contribution in [0.2, 0.25) is 0 Å². The third-order valence-corrected chi connectivity index (χ3v) is 3.56. The molecule has 0 radical (unpaired) electrons. The molecule has 0 nitrogen and oxygen atoms in total. The number of benzene rings is 3. The second kappa shape index (κ2) is 6.86. The molecule has 0 aromatic heterocycles. The monoisotopic (exact) mass is 288 g/mol. The van der Waals surface area contributed by atoms with E-state index in [1.165, 1.54) is 5.56 Å². The third-order valence-electron chi connectivity index (χ3n) is 3.56. The summed E-state index contributed by atoms with van der Waals surface area (Å²) in [5.41, 5.74) is 4.18. The van der Waals surface area contributed by atoms with Gasteiger partial charge in [-0.2, -0.15) is 0 Å². The van der Waals surface area contributed by atoms with E-state index in [2.05, 4.69) is 12.1 Å². The summed E-state index contributed by atoms with van der Waals surface area (Å²) < 4.78 is 14.1. The maximum Gasteiger partial charge on any atom is 0.105 e. The third kappa shape index (κ3) is 3.70. The Morgan fingerprint density at radius 1 is 0.682 bits per heavy atom. The summed E-state index contributed by atoms with van der Waals surface area (Å²) in [4.78, 5) is 0. The molecule has 0 saturated heterocycles.